The number of anilines is 2. The summed E-state index contributed by atoms with van der Waals surface area (Å²) in [6.45, 7) is 7.11. The van der Waals surface area contributed by atoms with Gasteiger partial charge in [0, 0.05) is 18.4 Å². The minimum Gasteiger partial charge on any atom is -0.354 e. The minimum absolute atomic E-state index is 0.263. The lowest BCUT2D eigenvalue weighted by Crippen LogP contribution is -2.09. The number of para-hydroxylation sites is 2. The van der Waals surface area contributed by atoms with Crippen LogP contribution in [-0.4, -0.2) is 7.05 Å². The zero-order valence-corrected chi connectivity index (χ0v) is 9.39. The Bertz CT molecular complexity index is 555. The zero-order valence-electron chi connectivity index (χ0n) is 9.39. The molecule has 0 fully saturated rings. The van der Waals surface area contributed by atoms with Crippen LogP contribution in [0.25, 0.3) is 4.85 Å². The van der Waals surface area contributed by atoms with Gasteiger partial charge in [0.05, 0.1) is 6.57 Å². The van der Waals surface area contributed by atoms with Crippen LogP contribution in [0.3, 0.4) is 0 Å². The minimum atomic E-state index is -0.263. The Kier molecular flexibility index (Phi) is 3.06. The van der Waals surface area contributed by atoms with Crippen LogP contribution in [0.2, 0.25) is 0 Å². The summed E-state index contributed by atoms with van der Waals surface area (Å²) in [4.78, 5) is 5.34. The first-order valence-corrected chi connectivity index (χ1v) is 5.18. The van der Waals surface area contributed by atoms with E-state index in [-0.39, 0.29) is 5.82 Å². The molecule has 0 bridgehead atoms. The molecule has 2 aromatic carbocycles. The molecule has 0 spiro atoms. The SMILES string of the molecule is [C-]#[N+]c1ccccc1N(C)c1ccc(F)cc1. The van der Waals surface area contributed by atoms with Crippen molar-refractivity contribution in [2.45, 2.75) is 0 Å². The second-order valence-corrected chi connectivity index (χ2v) is 3.64. The molecule has 0 saturated carbocycles. The molecule has 17 heavy (non-hydrogen) atoms. The van der Waals surface area contributed by atoms with Crippen molar-refractivity contribution in [1.29, 1.82) is 0 Å². The van der Waals surface area contributed by atoms with E-state index in [1.807, 2.05) is 30.1 Å². The molecular formula is C14H11FN2. The fourth-order valence-corrected chi connectivity index (χ4v) is 1.65. The maximum Gasteiger partial charge on any atom is 0.210 e. The van der Waals surface area contributed by atoms with Gasteiger partial charge in [-0.3, -0.25) is 0 Å². The third-order valence-electron chi connectivity index (χ3n) is 2.58. The topological polar surface area (TPSA) is 7.60 Å². The molecule has 0 N–H and O–H groups in total. The largest absolute Gasteiger partial charge is 0.354 e. The van der Waals surface area contributed by atoms with Gasteiger partial charge in [0.2, 0.25) is 5.69 Å². The molecule has 2 aromatic rings. The van der Waals surface area contributed by atoms with Gasteiger partial charge in [-0.2, -0.15) is 0 Å². The quantitative estimate of drug-likeness (QED) is 0.698. The van der Waals surface area contributed by atoms with Gasteiger partial charge in [-0.25, -0.2) is 9.24 Å². The second kappa shape index (κ2) is 4.67. The lowest BCUT2D eigenvalue weighted by molar-refractivity contribution is 0.628. The van der Waals surface area contributed by atoms with E-state index in [0.717, 1.165) is 11.4 Å². The average molecular weight is 226 g/mol. The summed E-state index contributed by atoms with van der Waals surface area (Å²) >= 11 is 0. The average Bonchev–Trinajstić information content (AvgIpc) is 2.39. The lowest BCUT2D eigenvalue weighted by Gasteiger charge is -2.20. The smallest absolute Gasteiger partial charge is 0.210 e. The van der Waals surface area contributed by atoms with Gasteiger partial charge < -0.3 is 4.90 Å². The first kappa shape index (κ1) is 11.2. The highest BCUT2D eigenvalue weighted by molar-refractivity contribution is 5.76. The van der Waals surface area contributed by atoms with Crippen LogP contribution in [0.1, 0.15) is 0 Å². The Hall–Kier alpha value is -2.34. The molecule has 0 aliphatic rings. The fourth-order valence-electron chi connectivity index (χ4n) is 1.65. The van der Waals surface area contributed by atoms with E-state index in [1.165, 1.54) is 12.1 Å². The Morgan fingerprint density at radius 3 is 2.35 bits per heavy atom. The molecule has 0 unspecified atom stereocenters. The highest BCUT2D eigenvalue weighted by Crippen LogP contribution is 2.32. The van der Waals surface area contributed by atoms with Crippen LogP contribution in [0.4, 0.5) is 21.5 Å². The summed E-state index contributed by atoms with van der Waals surface area (Å²) in [5, 5.41) is 0. The van der Waals surface area contributed by atoms with Crippen LogP contribution in [-0.2, 0) is 0 Å². The van der Waals surface area contributed by atoms with E-state index in [1.54, 1.807) is 18.2 Å². The summed E-state index contributed by atoms with van der Waals surface area (Å²) in [6.07, 6.45) is 0. The van der Waals surface area contributed by atoms with Gasteiger partial charge in [-0.15, -0.1) is 0 Å². The first-order chi connectivity index (χ1) is 8.22. The van der Waals surface area contributed by atoms with Crippen molar-refractivity contribution < 1.29 is 4.39 Å². The summed E-state index contributed by atoms with van der Waals surface area (Å²) in [6, 6.07) is 13.5. The van der Waals surface area contributed by atoms with Gasteiger partial charge in [0.15, 0.2) is 0 Å². The fraction of sp³-hybridized carbons (Fsp3) is 0.0714. The molecule has 0 atom stereocenters. The highest BCUT2D eigenvalue weighted by atomic mass is 19.1. The molecule has 0 heterocycles. The molecule has 2 rings (SSSR count). The maximum atomic E-state index is 12.8. The van der Waals surface area contributed by atoms with Crippen molar-refractivity contribution in [3.63, 3.8) is 0 Å². The molecule has 2 nitrogen and oxygen atoms in total. The zero-order chi connectivity index (χ0) is 12.3. The molecule has 3 heteroatoms. The third-order valence-corrected chi connectivity index (χ3v) is 2.58. The van der Waals surface area contributed by atoms with E-state index >= 15 is 0 Å². The summed E-state index contributed by atoms with van der Waals surface area (Å²) in [5.41, 5.74) is 2.25. The van der Waals surface area contributed by atoms with Gasteiger partial charge >= 0.3 is 0 Å². The predicted octanol–water partition coefficient (Wildman–Crippen LogP) is 4.14. The third kappa shape index (κ3) is 2.26. The molecule has 0 aliphatic carbocycles. The van der Waals surface area contributed by atoms with Crippen molar-refractivity contribution in [2.24, 2.45) is 0 Å². The highest BCUT2D eigenvalue weighted by Gasteiger charge is 2.08. The van der Waals surface area contributed by atoms with Crippen molar-refractivity contribution in [3.05, 3.63) is 65.8 Å². The van der Waals surface area contributed by atoms with Gasteiger partial charge in [0.1, 0.15) is 5.82 Å². The van der Waals surface area contributed by atoms with Crippen LogP contribution in [0, 0.1) is 12.4 Å². The Morgan fingerprint density at radius 2 is 1.71 bits per heavy atom. The number of hydrogen-bond acceptors (Lipinski definition) is 1. The van der Waals surface area contributed by atoms with Crippen molar-refractivity contribution in [1.82, 2.24) is 0 Å². The number of hydrogen-bond donors (Lipinski definition) is 0. The van der Waals surface area contributed by atoms with E-state index in [9.17, 15) is 4.39 Å². The molecule has 0 amide bonds. The summed E-state index contributed by atoms with van der Waals surface area (Å²) in [7, 11) is 1.86. The number of benzene rings is 2. The number of nitrogens with zero attached hydrogens (tertiary/aromatic N) is 2. The Balaban J connectivity index is 2.40. The molecule has 0 aromatic heterocycles. The van der Waals surface area contributed by atoms with Gasteiger partial charge in [0.25, 0.3) is 0 Å². The van der Waals surface area contributed by atoms with E-state index in [2.05, 4.69) is 4.85 Å². The number of rotatable bonds is 2. The van der Waals surface area contributed by atoms with Crippen molar-refractivity contribution in [3.8, 4) is 0 Å². The number of halogens is 1. The summed E-state index contributed by atoms with van der Waals surface area (Å²) in [5.74, 6) is -0.263. The van der Waals surface area contributed by atoms with E-state index < -0.39 is 0 Å². The second-order valence-electron chi connectivity index (χ2n) is 3.64. The summed E-state index contributed by atoms with van der Waals surface area (Å²) < 4.78 is 12.8. The molecule has 0 radical (unpaired) electrons. The molecule has 0 aliphatic heterocycles. The molecule has 0 saturated heterocycles. The van der Waals surface area contributed by atoms with Crippen LogP contribution in [0.15, 0.2) is 48.5 Å². The normalized spacial score (nSPS) is 9.71. The lowest BCUT2D eigenvalue weighted by atomic mass is 10.2. The van der Waals surface area contributed by atoms with Crippen LogP contribution in [0.5, 0.6) is 0 Å². The first-order valence-electron chi connectivity index (χ1n) is 5.18. The van der Waals surface area contributed by atoms with E-state index in [4.69, 9.17) is 6.57 Å². The Morgan fingerprint density at radius 1 is 1.06 bits per heavy atom. The molecule has 84 valence electrons. The predicted molar refractivity (Wildman–Crippen MR) is 67.2 cm³/mol. The van der Waals surface area contributed by atoms with Gasteiger partial charge in [-0.05, 0) is 30.3 Å². The van der Waals surface area contributed by atoms with Crippen LogP contribution >= 0.6 is 0 Å². The van der Waals surface area contributed by atoms with E-state index in [0.29, 0.717) is 5.69 Å². The standard InChI is InChI=1S/C14H11FN2/c1-16-13-5-3-4-6-14(13)17(2)12-9-7-11(15)8-10-12/h3-10H,2H3. The molecular weight excluding hydrogens is 215 g/mol. The van der Waals surface area contributed by atoms with Crippen molar-refractivity contribution >= 4 is 17.1 Å². The van der Waals surface area contributed by atoms with Gasteiger partial charge in [-0.1, -0.05) is 18.2 Å². The maximum absolute atomic E-state index is 12.8. The van der Waals surface area contributed by atoms with Crippen molar-refractivity contribution in [2.75, 3.05) is 11.9 Å². The Labute approximate surface area is 99.7 Å². The van der Waals surface area contributed by atoms with Crippen LogP contribution < -0.4 is 4.90 Å². The monoisotopic (exact) mass is 226 g/mol.